The van der Waals surface area contributed by atoms with Gasteiger partial charge in [-0.25, -0.2) is 0 Å². The Hall–Kier alpha value is -1.81. The monoisotopic (exact) mass is 300 g/mol. The quantitative estimate of drug-likeness (QED) is 0.868. The molecule has 1 amide bonds. The van der Waals surface area contributed by atoms with E-state index in [1.54, 1.807) is 6.26 Å². The van der Waals surface area contributed by atoms with Crippen LogP contribution in [0.3, 0.4) is 0 Å². The third-order valence-corrected chi connectivity index (χ3v) is 4.50. The molecule has 2 heterocycles. The number of benzene rings is 1. The maximum absolute atomic E-state index is 12.9. The van der Waals surface area contributed by atoms with E-state index in [0.717, 1.165) is 48.9 Å². The first-order valence-electron chi connectivity index (χ1n) is 8.08. The van der Waals surface area contributed by atoms with E-state index in [2.05, 4.69) is 23.9 Å². The van der Waals surface area contributed by atoms with Gasteiger partial charge in [-0.1, -0.05) is 0 Å². The Morgan fingerprint density at radius 3 is 3.00 bits per heavy atom. The summed E-state index contributed by atoms with van der Waals surface area (Å²) in [6.07, 6.45) is 6.17. The largest absolute Gasteiger partial charge is 0.464 e. The Morgan fingerprint density at radius 2 is 2.18 bits per heavy atom. The minimum atomic E-state index is 0.159. The Morgan fingerprint density at radius 1 is 1.32 bits per heavy atom. The van der Waals surface area contributed by atoms with Crippen molar-refractivity contribution in [2.45, 2.75) is 31.7 Å². The van der Waals surface area contributed by atoms with Gasteiger partial charge < -0.3 is 14.2 Å². The smallest absolute Gasteiger partial charge is 0.254 e. The predicted molar refractivity (Wildman–Crippen MR) is 88.1 cm³/mol. The lowest BCUT2D eigenvalue weighted by Crippen LogP contribution is -2.44. The van der Waals surface area contributed by atoms with Crippen LogP contribution in [0.4, 0.5) is 0 Å². The predicted octanol–water partition coefficient (Wildman–Crippen LogP) is 3.38. The fraction of sp³-hybridized carbons (Fsp3) is 0.500. The number of carbonyl (C=O) groups excluding carboxylic acids is 1. The summed E-state index contributed by atoms with van der Waals surface area (Å²) in [6.45, 7) is 1.90. The highest BCUT2D eigenvalue weighted by molar-refractivity contribution is 5.98. The van der Waals surface area contributed by atoms with Gasteiger partial charge in [-0.15, -0.1) is 0 Å². The standard InChI is InChI=1S/C18H24N2O2/c1-19(2)11-8-16-5-3-4-10-20(16)18(21)15-6-7-17-14(13-15)9-12-22-17/h6-7,9,12-13,16H,3-5,8,10-11H2,1-2H3/t16-/m0/s1. The zero-order chi connectivity index (χ0) is 15.5. The van der Waals surface area contributed by atoms with Crippen molar-refractivity contribution in [3.8, 4) is 0 Å². The Balaban J connectivity index is 1.78. The van der Waals surface area contributed by atoms with Gasteiger partial charge in [-0.2, -0.15) is 0 Å². The zero-order valence-corrected chi connectivity index (χ0v) is 13.4. The van der Waals surface area contributed by atoms with Crippen LogP contribution in [0.15, 0.2) is 34.9 Å². The van der Waals surface area contributed by atoms with Crippen LogP contribution >= 0.6 is 0 Å². The van der Waals surface area contributed by atoms with Crippen LogP contribution in [-0.4, -0.2) is 48.9 Å². The highest BCUT2D eigenvalue weighted by Crippen LogP contribution is 2.24. The third-order valence-electron chi connectivity index (χ3n) is 4.50. The van der Waals surface area contributed by atoms with Gasteiger partial charge >= 0.3 is 0 Å². The maximum Gasteiger partial charge on any atom is 0.254 e. The lowest BCUT2D eigenvalue weighted by Gasteiger charge is -2.36. The fourth-order valence-corrected chi connectivity index (χ4v) is 3.24. The molecule has 1 aromatic carbocycles. The number of amides is 1. The van der Waals surface area contributed by atoms with E-state index < -0.39 is 0 Å². The molecule has 22 heavy (non-hydrogen) atoms. The van der Waals surface area contributed by atoms with Crippen LogP contribution in [0.25, 0.3) is 11.0 Å². The van der Waals surface area contributed by atoms with Crippen molar-refractivity contribution in [2.24, 2.45) is 0 Å². The second-order valence-electron chi connectivity index (χ2n) is 6.41. The molecule has 118 valence electrons. The number of fused-ring (bicyclic) bond motifs is 1. The van der Waals surface area contributed by atoms with Crippen LogP contribution in [0.1, 0.15) is 36.0 Å². The minimum absolute atomic E-state index is 0.159. The van der Waals surface area contributed by atoms with Crippen molar-refractivity contribution in [2.75, 3.05) is 27.2 Å². The molecule has 0 unspecified atom stereocenters. The molecule has 4 heteroatoms. The summed E-state index contributed by atoms with van der Waals surface area (Å²) in [5.74, 6) is 0.159. The van der Waals surface area contributed by atoms with E-state index in [9.17, 15) is 4.79 Å². The van der Waals surface area contributed by atoms with Crippen molar-refractivity contribution in [3.05, 3.63) is 36.1 Å². The summed E-state index contributed by atoms with van der Waals surface area (Å²) < 4.78 is 5.35. The number of hydrogen-bond donors (Lipinski definition) is 0. The molecule has 0 spiro atoms. The number of rotatable bonds is 4. The van der Waals surface area contributed by atoms with Crippen molar-refractivity contribution in [1.82, 2.24) is 9.80 Å². The lowest BCUT2D eigenvalue weighted by molar-refractivity contribution is 0.0591. The highest BCUT2D eigenvalue weighted by Gasteiger charge is 2.27. The van der Waals surface area contributed by atoms with Crippen LogP contribution in [0.2, 0.25) is 0 Å². The number of nitrogens with zero attached hydrogens (tertiary/aromatic N) is 2. The van der Waals surface area contributed by atoms with Gasteiger partial charge in [0.2, 0.25) is 0 Å². The first-order chi connectivity index (χ1) is 10.6. The van der Waals surface area contributed by atoms with Crippen molar-refractivity contribution >= 4 is 16.9 Å². The van der Waals surface area contributed by atoms with Gasteiger partial charge in [-0.05, 0) is 70.6 Å². The number of likely N-dealkylation sites (tertiary alicyclic amines) is 1. The summed E-state index contributed by atoms with van der Waals surface area (Å²) in [4.78, 5) is 17.2. The van der Waals surface area contributed by atoms with E-state index in [1.807, 2.05) is 24.3 Å². The minimum Gasteiger partial charge on any atom is -0.464 e. The molecule has 4 nitrogen and oxygen atoms in total. The van der Waals surface area contributed by atoms with Gasteiger partial charge in [0.25, 0.3) is 5.91 Å². The molecule has 1 aromatic heterocycles. The summed E-state index contributed by atoms with van der Waals surface area (Å²) in [7, 11) is 4.17. The molecule has 0 N–H and O–H groups in total. The fourth-order valence-electron chi connectivity index (χ4n) is 3.24. The van der Waals surface area contributed by atoms with Crippen LogP contribution in [0.5, 0.6) is 0 Å². The molecule has 3 rings (SSSR count). The molecular formula is C18H24N2O2. The molecule has 1 fully saturated rings. The summed E-state index contributed by atoms with van der Waals surface area (Å²) >= 11 is 0. The van der Waals surface area contributed by atoms with Crippen molar-refractivity contribution in [3.63, 3.8) is 0 Å². The van der Waals surface area contributed by atoms with E-state index in [0.29, 0.717) is 6.04 Å². The molecular weight excluding hydrogens is 276 g/mol. The first kappa shape index (κ1) is 15.1. The van der Waals surface area contributed by atoms with Gasteiger partial charge in [0.1, 0.15) is 5.58 Å². The SMILES string of the molecule is CN(C)CC[C@@H]1CCCCN1C(=O)c1ccc2occc2c1. The molecule has 2 aromatic rings. The third kappa shape index (κ3) is 3.17. The van der Waals surface area contributed by atoms with E-state index in [-0.39, 0.29) is 5.91 Å². The molecule has 0 radical (unpaired) electrons. The molecule has 1 atom stereocenters. The Kier molecular flexibility index (Phi) is 4.48. The lowest BCUT2D eigenvalue weighted by atomic mass is 9.97. The highest BCUT2D eigenvalue weighted by atomic mass is 16.3. The maximum atomic E-state index is 12.9. The van der Waals surface area contributed by atoms with Crippen molar-refractivity contribution < 1.29 is 9.21 Å². The molecule has 1 aliphatic heterocycles. The average Bonchev–Trinajstić information content (AvgIpc) is 3.00. The van der Waals surface area contributed by atoms with E-state index in [4.69, 9.17) is 4.42 Å². The number of furan rings is 1. The summed E-state index contributed by atoms with van der Waals surface area (Å²) in [5.41, 5.74) is 1.60. The zero-order valence-electron chi connectivity index (χ0n) is 13.4. The van der Waals surface area contributed by atoms with Crippen molar-refractivity contribution in [1.29, 1.82) is 0 Å². The molecule has 0 saturated carbocycles. The second kappa shape index (κ2) is 6.53. The second-order valence-corrected chi connectivity index (χ2v) is 6.41. The van der Waals surface area contributed by atoms with Gasteiger partial charge in [0.15, 0.2) is 0 Å². The van der Waals surface area contributed by atoms with Gasteiger partial charge in [-0.3, -0.25) is 4.79 Å². The number of piperidine rings is 1. The van der Waals surface area contributed by atoms with Gasteiger partial charge in [0, 0.05) is 23.5 Å². The Labute approximate surface area is 131 Å². The van der Waals surface area contributed by atoms with Crippen LogP contribution in [-0.2, 0) is 0 Å². The van der Waals surface area contributed by atoms with E-state index >= 15 is 0 Å². The molecule has 0 aliphatic carbocycles. The molecule has 0 bridgehead atoms. The number of hydrogen-bond acceptors (Lipinski definition) is 3. The van der Waals surface area contributed by atoms with E-state index in [1.165, 1.54) is 6.42 Å². The van der Waals surface area contributed by atoms with Crippen LogP contribution < -0.4 is 0 Å². The summed E-state index contributed by atoms with van der Waals surface area (Å²) in [5, 5.41) is 0.993. The first-order valence-corrected chi connectivity index (χ1v) is 8.08. The average molecular weight is 300 g/mol. The summed E-state index contributed by atoms with van der Waals surface area (Å²) in [6, 6.07) is 7.99. The number of carbonyl (C=O) groups is 1. The normalized spacial score (nSPS) is 19.0. The molecule has 1 saturated heterocycles. The molecule has 1 aliphatic rings. The Bertz CT molecular complexity index is 647. The van der Waals surface area contributed by atoms with Gasteiger partial charge in [0.05, 0.1) is 6.26 Å². The topological polar surface area (TPSA) is 36.7 Å². The van der Waals surface area contributed by atoms with Crippen LogP contribution in [0, 0.1) is 0 Å².